The van der Waals surface area contributed by atoms with Gasteiger partial charge in [-0.1, -0.05) is 13.0 Å². The summed E-state index contributed by atoms with van der Waals surface area (Å²) in [5, 5.41) is 7.79. The van der Waals surface area contributed by atoms with Gasteiger partial charge in [0.2, 0.25) is 0 Å². The van der Waals surface area contributed by atoms with Crippen LogP contribution in [-0.4, -0.2) is 30.8 Å². The normalized spacial score (nSPS) is 11.2. The van der Waals surface area contributed by atoms with Crippen molar-refractivity contribution in [1.82, 2.24) is 15.6 Å². The molecule has 4 nitrogen and oxygen atoms in total. The van der Waals surface area contributed by atoms with Crippen molar-refractivity contribution in [3.05, 3.63) is 50.7 Å². The van der Waals surface area contributed by atoms with E-state index in [1.54, 1.807) is 36.2 Å². The summed E-state index contributed by atoms with van der Waals surface area (Å²) in [6.07, 6.45) is 3.88. The number of nitrogens with zero attached hydrogens (tertiary/aromatic N) is 2. The van der Waals surface area contributed by atoms with Crippen LogP contribution in [0.15, 0.2) is 23.2 Å². The fraction of sp³-hybridized carbons (Fsp3) is 0.474. The first-order chi connectivity index (χ1) is 12.6. The average molecular weight is 522 g/mol. The molecule has 0 aliphatic carbocycles. The van der Waals surface area contributed by atoms with E-state index in [0.29, 0.717) is 6.54 Å². The second-order valence-corrected chi connectivity index (χ2v) is 8.07. The lowest BCUT2D eigenvalue weighted by Crippen LogP contribution is -2.38. The summed E-state index contributed by atoms with van der Waals surface area (Å²) >= 11 is 3.46. The molecule has 0 amide bonds. The van der Waals surface area contributed by atoms with Crippen molar-refractivity contribution in [2.24, 2.45) is 4.99 Å². The first-order valence-electron chi connectivity index (χ1n) is 8.73. The van der Waals surface area contributed by atoms with E-state index in [0.717, 1.165) is 47.2 Å². The number of benzene rings is 1. The van der Waals surface area contributed by atoms with Crippen molar-refractivity contribution in [1.29, 1.82) is 0 Å². The maximum absolute atomic E-state index is 13.4. The Morgan fingerprint density at radius 3 is 2.70 bits per heavy atom. The van der Waals surface area contributed by atoms with Crippen LogP contribution in [0.1, 0.15) is 33.6 Å². The molecule has 0 saturated heterocycles. The Morgan fingerprint density at radius 2 is 2.07 bits per heavy atom. The van der Waals surface area contributed by atoms with Gasteiger partial charge in [0.15, 0.2) is 5.96 Å². The minimum Gasteiger partial charge on any atom is -0.356 e. The van der Waals surface area contributed by atoms with Crippen molar-refractivity contribution in [3.8, 4) is 0 Å². The standard InChI is InChI=1S/C19H27FN4S2.HI/c1-5-17-13(2)26-18(24-17)8-9-22-19(21-3)23-11-14-6-7-16(20)10-15(14)12-25-4;/h6-7,10H,5,8-9,11-12H2,1-4H3,(H2,21,22,23);1H. The van der Waals surface area contributed by atoms with Gasteiger partial charge in [-0.25, -0.2) is 9.37 Å². The second-order valence-electron chi connectivity index (χ2n) is 5.91. The summed E-state index contributed by atoms with van der Waals surface area (Å²) in [5.74, 6) is 1.35. The summed E-state index contributed by atoms with van der Waals surface area (Å²) in [4.78, 5) is 10.2. The third-order valence-corrected chi connectivity index (χ3v) is 5.71. The quantitative estimate of drug-likeness (QED) is 0.304. The molecule has 27 heavy (non-hydrogen) atoms. The number of hydrogen-bond donors (Lipinski definition) is 2. The number of rotatable bonds is 8. The molecule has 1 aromatic heterocycles. The number of aryl methyl sites for hydroxylation is 2. The maximum Gasteiger partial charge on any atom is 0.191 e. The fourth-order valence-electron chi connectivity index (χ4n) is 2.67. The van der Waals surface area contributed by atoms with Gasteiger partial charge in [0.25, 0.3) is 0 Å². The zero-order valence-corrected chi connectivity index (χ0v) is 20.2. The first-order valence-corrected chi connectivity index (χ1v) is 10.9. The molecule has 0 radical (unpaired) electrons. The van der Waals surface area contributed by atoms with E-state index in [1.807, 2.05) is 12.3 Å². The van der Waals surface area contributed by atoms with Gasteiger partial charge in [-0.3, -0.25) is 4.99 Å². The van der Waals surface area contributed by atoms with Gasteiger partial charge >= 0.3 is 0 Å². The summed E-state index contributed by atoms with van der Waals surface area (Å²) in [5.41, 5.74) is 3.31. The van der Waals surface area contributed by atoms with Crippen molar-refractivity contribution in [2.75, 3.05) is 19.8 Å². The van der Waals surface area contributed by atoms with Gasteiger partial charge in [-0.2, -0.15) is 11.8 Å². The molecule has 0 atom stereocenters. The Bertz CT molecular complexity index is 749. The molecule has 0 fully saturated rings. The minimum atomic E-state index is -0.189. The molecule has 0 aliphatic heterocycles. The van der Waals surface area contributed by atoms with Crippen LogP contribution in [0.4, 0.5) is 4.39 Å². The average Bonchev–Trinajstić information content (AvgIpc) is 2.99. The number of hydrogen-bond acceptors (Lipinski definition) is 4. The summed E-state index contributed by atoms with van der Waals surface area (Å²) in [6.45, 7) is 5.66. The molecule has 0 bridgehead atoms. The van der Waals surface area contributed by atoms with E-state index >= 15 is 0 Å². The zero-order chi connectivity index (χ0) is 18.9. The Hall–Kier alpha value is -0.870. The van der Waals surface area contributed by atoms with Crippen LogP contribution in [0.3, 0.4) is 0 Å². The van der Waals surface area contributed by atoms with Crippen LogP contribution in [0.25, 0.3) is 0 Å². The number of aliphatic imine (C=N–C) groups is 1. The number of halogens is 2. The number of guanidine groups is 1. The smallest absolute Gasteiger partial charge is 0.191 e. The highest BCUT2D eigenvalue weighted by Gasteiger charge is 2.07. The minimum absolute atomic E-state index is 0. The van der Waals surface area contributed by atoms with Crippen LogP contribution < -0.4 is 10.6 Å². The van der Waals surface area contributed by atoms with Gasteiger partial charge in [0.1, 0.15) is 5.82 Å². The van der Waals surface area contributed by atoms with Crippen molar-refractivity contribution in [3.63, 3.8) is 0 Å². The highest BCUT2D eigenvalue weighted by atomic mass is 127. The van der Waals surface area contributed by atoms with Gasteiger partial charge in [-0.15, -0.1) is 35.3 Å². The Labute approximate surface area is 186 Å². The summed E-state index contributed by atoms with van der Waals surface area (Å²) in [6, 6.07) is 4.96. The number of thiazole rings is 1. The number of thioether (sulfide) groups is 1. The van der Waals surface area contributed by atoms with Crippen LogP contribution in [0.2, 0.25) is 0 Å². The van der Waals surface area contributed by atoms with E-state index in [4.69, 9.17) is 0 Å². The second kappa shape index (κ2) is 12.6. The van der Waals surface area contributed by atoms with E-state index in [1.165, 1.54) is 16.6 Å². The summed E-state index contributed by atoms with van der Waals surface area (Å²) < 4.78 is 13.4. The van der Waals surface area contributed by atoms with Crippen molar-refractivity contribution in [2.45, 2.75) is 39.0 Å². The Kier molecular flexibility index (Phi) is 11.2. The third kappa shape index (κ3) is 7.57. The molecular weight excluding hydrogens is 494 g/mol. The molecule has 0 unspecified atom stereocenters. The van der Waals surface area contributed by atoms with Crippen LogP contribution in [-0.2, 0) is 25.1 Å². The molecule has 0 saturated carbocycles. The Balaban J connectivity index is 0.00000364. The maximum atomic E-state index is 13.4. The monoisotopic (exact) mass is 522 g/mol. The largest absolute Gasteiger partial charge is 0.356 e. The lowest BCUT2D eigenvalue weighted by molar-refractivity contribution is 0.625. The third-order valence-electron chi connectivity index (χ3n) is 4.04. The molecule has 2 aromatic rings. The van der Waals surface area contributed by atoms with Gasteiger partial charge in [0, 0.05) is 37.2 Å². The highest BCUT2D eigenvalue weighted by molar-refractivity contribution is 14.0. The molecule has 8 heteroatoms. The lowest BCUT2D eigenvalue weighted by Gasteiger charge is -2.14. The van der Waals surface area contributed by atoms with E-state index in [9.17, 15) is 4.39 Å². The SMILES string of the molecule is CCc1nc(CCNC(=NC)NCc2ccc(F)cc2CSC)sc1C.I. The van der Waals surface area contributed by atoms with Crippen molar-refractivity contribution >= 4 is 53.0 Å². The lowest BCUT2D eigenvalue weighted by atomic mass is 10.1. The highest BCUT2D eigenvalue weighted by Crippen LogP contribution is 2.18. The molecule has 2 N–H and O–H groups in total. The molecule has 0 spiro atoms. The number of aromatic nitrogens is 1. The van der Waals surface area contributed by atoms with Gasteiger partial charge in [-0.05, 0) is 42.9 Å². The first kappa shape index (κ1) is 24.2. The molecule has 2 rings (SSSR count). The van der Waals surface area contributed by atoms with Crippen LogP contribution >= 0.6 is 47.1 Å². The van der Waals surface area contributed by atoms with Gasteiger partial charge in [0.05, 0.1) is 10.7 Å². The predicted octanol–water partition coefficient (Wildman–Crippen LogP) is 4.54. The zero-order valence-electron chi connectivity index (χ0n) is 16.3. The van der Waals surface area contributed by atoms with E-state index in [2.05, 4.69) is 34.5 Å². The van der Waals surface area contributed by atoms with Crippen LogP contribution in [0.5, 0.6) is 0 Å². The topological polar surface area (TPSA) is 49.3 Å². The number of nitrogens with one attached hydrogen (secondary N) is 2. The van der Waals surface area contributed by atoms with Crippen LogP contribution in [0, 0.1) is 12.7 Å². The molecule has 0 aliphatic rings. The van der Waals surface area contributed by atoms with E-state index < -0.39 is 0 Å². The molecule has 1 heterocycles. The van der Waals surface area contributed by atoms with Gasteiger partial charge < -0.3 is 10.6 Å². The summed E-state index contributed by atoms with van der Waals surface area (Å²) in [7, 11) is 1.76. The molecule has 1 aromatic carbocycles. The molecule has 150 valence electrons. The Morgan fingerprint density at radius 1 is 1.30 bits per heavy atom. The fourth-order valence-corrected chi connectivity index (χ4v) is 4.27. The van der Waals surface area contributed by atoms with E-state index in [-0.39, 0.29) is 29.8 Å². The predicted molar refractivity (Wildman–Crippen MR) is 127 cm³/mol. The molecular formula is C19H28FIN4S2. The van der Waals surface area contributed by atoms with Crippen molar-refractivity contribution < 1.29 is 4.39 Å².